The summed E-state index contributed by atoms with van der Waals surface area (Å²) in [5.74, 6) is -1.21. The number of aromatic nitrogens is 2. The Morgan fingerprint density at radius 2 is 2.19 bits per heavy atom. The van der Waals surface area contributed by atoms with Crippen molar-refractivity contribution in [2.24, 2.45) is 0 Å². The van der Waals surface area contributed by atoms with Gasteiger partial charge < -0.3 is 19.9 Å². The molecular formula is C13H16N4O3S. The zero-order valence-electron chi connectivity index (χ0n) is 11.6. The average molecular weight is 308 g/mol. The monoisotopic (exact) mass is 308 g/mol. The number of anilines is 1. The number of hydrogen-bond acceptors (Lipinski definition) is 6. The Balaban J connectivity index is 2.17. The molecule has 0 amide bonds. The number of carbonyl (C=O) groups is 1. The van der Waals surface area contributed by atoms with Crippen molar-refractivity contribution in [3.8, 4) is 0 Å². The third-order valence-electron chi connectivity index (χ3n) is 3.56. The molecule has 0 radical (unpaired) electrons. The van der Waals surface area contributed by atoms with Gasteiger partial charge in [-0.25, -0.2) is 9.78 Å². The number of pyridine rings is 1. The fourth-order valence-electron chi connectivity index (χ4n) is 2.42. The predicted octanol–water partition coefficient (Wildman–Crippen LogP) is 0.586. The molecule has 0 spiro atoms. The van der Waals surface area contributed by atoms with E-state index in [1.807, 2.05) is 6.92 Å². The molecule has 8 heteroatoms. The number of piperazine rings is 1. The van der Waals surface area contributed by atoms with Gasteiger partial charge in [-0.2, -0.15) is 0 Å². The van der Waals surface area contributed by atoms with Crippen LogP contribution in [0.2, 0.25) is 0 Å². The van der Waals surface area contributed by atoms with E-state index in [2.05, 4.69) is 15.2 Å². The number of carboxylic acid groups (broad SMARTS) is 1. The van der Waals surface area contributed by atoms with Crippen LogP contribution in [-0.4, -0.2) is 46.8 Å². The Morgan fingerprint density at radius 3 is 2.81 bits per heavy atom. The normalized spacial score (nSPS) is 15.6. The molecule has 7 nitrogen and oxygen atoms in total. The SMILES string of the molecule is CCn1cc(C(=O)O)c(=O)c2nc(N3CCNCC3)sc21. The first-order chi connectivity index (χ1) is 10.1. The van der Waals surface area contributed by atoms with E-state index in [9.17, 15) is 9.59 Å². The molecule has 2 aromatic heterocycles. The van der Waals surface area contributed by atoms with E-state index in [-0.39, 0.29) is 11.1 Å². The number of nitrogens with zero attached hydrogens (tertiary/aromatic N) is 3. The lowest BCUT2D eigenvalue weighted by molar-refractivity contribution is 0.0695. The molecular weight excluding hydrogens is 292 g/mol. The van der Waals surface area contributed by atoms with Crippen molar-refractivity contribution in [1.29, 1.82) is 0 Å². The quantitative estimate of drug-likeness (QED) is 0.863. The number of nitrogens with one attached hydrogen (secondary N) is 1. The fourth-order valence-corrected chi connectivity index (χ4v) is 3.58. The summed E-state index contributed by atoms with van der Waals surface area (Å²) < 4.78 is 1.78. The van der Waals surface area contributed by atoms with Crippen molar-refractivity contribution in [2.75, 3.05) is 31.1 Å². The van der Waals surface area contributed by atoms with Crippen LogP contribution in [0.4, 0.5) is 5.13 Å². The third-order valence-corrected chi connectivity index (χ3v) is 4.72. The first kappa shape index (κ1) is 14.0. The van der Waals surface area contributed by atoms with Gasteiger partial charge in [0.2, 0.25) is 5.43 Å². The minimum atomic E-state index is -1.21. The second kappa shape index (κ2) is 5.45. The lowest BCUT2D eigenvalue weighted by atomic mass is 10.2. The lowest BCUT2D eigenvalue weighted by Gasteiger charge is -2.26. The summed E-state index contributed by atoms with van der Waals surface area (Å²) in [5, 5.41) is 13.2. The molecule has 0 saturated carbocycles. The molecule has 21 heavy (non-hydrogen) atoms. The highest BCUT2D eigenvalue weighted by atomic mass is 32.1. The minimum absolute atomic E-state index is 0.221. The highest BCUT2D eigenvalue weighted by molar-refractivity contribution is 7.21. The lowest BCUT2D eigenvalue weighted by Crippen LogP contribution is -2.43. The maximum absolute atomic E-state index is 12.3. The van der Waals surface area contributed by atoms with E-state index in [0.29, 0.717) is 6.54 Å². The molecule has 112 valence electrons. The average Bonchev–Trinajstić information content (AvgIpc) is 2.94. The van der Waals surface area contributed by atoms with Crippen LogP contribution in [0.5, 0.6) is 0 Å². The molecule has 1 aliphatic rings. The van der Waals surface area contributed by atoms with Crippen molar-refractivity contribution in [2.45, 2.75) is 13.5 Å². The highest BCUT2D eigenvalue weighted by Gasteiger charge is 2.21. The molecule has 1 fully saturated rings. The van der Waals surface area contributed by atoms with Crippen molar-refractivity contribution >= 4 is 32.8 Å². The van der Waals surface area contributed by atoms with Gasteiger partial charge in [-0.05, 0) is 6.92 Å². The first-order valence-electron chi connectivity index (χ1n) is 6.84. The van der Waals surface area contributed by atoms with Gasteiger partial charge in [0.1, 0.15) is 15.9 Å². The van der Waals surface area contributed by atoms with Gasteiger partial charge in [0, 0.05) is 38.9 Å². The van der Waals surface area contributed by atoms with Crippen LogP contribution < -0.4 is 15.6 Å². The van der Waals surface area contributed by atoms with Crippen LogP contribution in [0.1, 0.15) is 17.3 Å². The summed E-state index contributed by atoms with van der Waals surface area (Å²) in [7, 11) is 0. The molecule has 0 atom stereocenters. The topological polar surface area (TPSA) is 87.5 Å². The number of thiazole rings is 1. The van der Waals surface area contributed by atoms with E-state index in [0.717, 1.165) is 36.1 Å². The number of carboxylic acids is 1. The standard InChI is InChI=1S/C13H16N4O3S/c1-2-16-7-8(12(19)20)10(18)9-11(16)21-13(15-9)17-5-3-14-4-6-17/h7,14H,2-6H2,1H3,(H,19,20). The van der Waals surface area contributed by atoms with E-state index < -0.39 is 11.4 Å². The van der Waals surface area contributed by atoms with E-state index in [4.69, 9.17) is 5.11 Å². The van der Waals surface area contributed by atoms with Crippen molar-refractivity contribution in [1.82, 2.24) is 14.9 Å². The zero-order valence-corrected chi connectivity index (χ0v) is 12.4. The number of aryl methyl sites for hydroxylation is 1. The summed E-state index contributed by atoms with van der Waals surface area (Å²) in [6.45, 7) is 5.96. The Bertz CT molecular complexity index is 746. The molecule has 3 heterocycles. The van der Waals surface area contributed by atoms with Gasteiger partial charge in [-0.1, -0.05) is 11.3 Å². The van der Waals surface area contributed by atoms with Crippen LogP contribution in [0.3, 0.4) is 0 Å². The number of rotatable bonds is 3. The smallest absolute Gasteiger partial charge is 0.341 e. The second-order valence-electron chi connectivity index (χ2n) is 4.85. The van der Waals surface area contributed by atoms with Gasteiger partial charge in [0.05, 0.1) is 0 Å². The van der Waals surface area contributed by atoms with Gasteiger partial charge in [-0.3, -0.25) is 4.79 Å². The van der Waals surface area contributed by atoms with Crippen molar-refractivity contribution < 1.29 is 9.90 Å². The van der Waals surface area contributed by atoms with Crippen molar-refractivity contribution in [3.05, 3.63) is 22.0 Å². The van der Waals surface area contributed by atoms with Crippen LogP contribution in [0.25, 0.3) is 10.3 Å². The Hall–Kier alpha value is -1.93. The van der Waals surface area contributed by atoms with Crippen molar-refractivity contribution in [3.63, 3.8) is 0 Å². The third kappa shape index (κ3) is 2.40. The summed E-state index contributed by atoms with van der Waals surface area (Å²) in [6.07, 6.45) is 1.41. The molecule has 0 aliphatic carbocycles. The molecule has 2 aromatic rings. The predicted molar refractivity (Wildman–Crippen MR) is 81.6 cm³/mol. The van der Waals surface area contributed by atoms with Crippen LogP contribution in [-0.2, 0) is 6.54 Å². The van der Waals surface area contributed by atoms with E-state index in [1.54, 1.807) is 4.57 Å². The van der Waals surface area contributed by atoms with Crippen LogP contribution in [0.15, 0.2) is 11.0 Å². The Morgan fingerprint density at radius 1 is 1.48 bits per heavy atom. The maximum atomic E-state index is 12.3. The molecule has 0 bridgehead atoms. The van der Waals surface area contributed by atoms with Gasteiger partial charge >= 0.3 is 5.97 Å². The zero-order chi connectivity index (χ0) is 15.0. The Kier molecular flexibility index (Phi) is 3.64. The largest absolute Gasteiger partial charge is 0.477 e. The molecule has 0 unspecified atom stereocenters. The summed E-state index contributed by atoms with van der Waals surface area (Å²) in [4.78, 5) is 30.7. The summed E-state index contributed by atoms with van der Waals surface area (Å²) in [5.41, 5.74) is -0.461. The first-order valence-corrected chi connectivity index (χ1v) is 7.66. The second-order valence-corrected chi connectivity index (χ2v) is 5.81. The number of aromatic carboxylic acids is 1. The molecule has 3 rings (SSSR count). The van der Waals surface area contributed by atoms with E-state index >= 15 is 0 Å². The Labute approximate surface area is 124 Å². The highest BCUT2D eigenvalue weighted by Crippen LogP contribution is 2.27. The van der Waals surface area contributed by atoms with Gasteiger partial charge in [0.15, 0.2) is 5.13 Å². The molecule has 0 aromatic carbocycles. The minimum Gasteiger partial charge on any atom is -0.477 e. The molecule has 1 aliphatic heterocycles. The number of hydrogen-bond donors (Lipinski definition) is 2. The van der Waals surface area contributed by atoms with E-state index in [1.165, 1.54) is 17.5 Å². The van der Waals surface area contributed by atoms with Gasteiger partial charge in [-0.15, -0.1) is 0 Å². The van der Waals surface area contributed by atoms with Crippen LogP contribution in [0, 0.1) is 0 Å². The number of fused-ring (bicyclic) bond motifs is 1. The molecule has 1 saturated heterocycles. The fraction of sp³-hybridized carbons (Fsp3) is 0.462. The van der Waals surface area contributed by atoms with Gasteiger partial charge in [0.25, 0.3) is 0 Å². The summed E-state index contributed by atoms with van der Waals surface area (Å²) >= 11 is 1.45. The van der Waals surface area contributed by atoms with Crippen LogP contribution >= 0.6 is 11.3 Å². The molecule has 2 N–H and O–H groups in total. The maximum Gasteiger partial charge on any atom is 0.341 e. The summed E-state index contributed by atoms with van der Waals surface area (Å²) in [6, 6.07) is 0.